The Morgan fingerprint density at radius 2 is 2.09 bits per heavy atom. The summed E-state index contributed by atoms with van der Waals surface area (Å²) in [4.78, 5) is 5.62. The highest BCUT2D eigenvalue weighted by Crippen LogP contribution is 2.25. The smallest absolute Gasteiger partial charge is 0.182 e. The first-order chi connectivity index (χ1) is 10.7. The van der Waals surface area contributed by atoms with E-state index in [0.717, 1.165) is 37.3 Å². The Morgan fingerprint density at radius 3 is 2.68 bits per heavy atom. The summed E-state index contributed by atoms with van der Waals surface area (Å²) in [6.07, 6.45) is 0. The molecule has 0 saturated heterocycles. The second-order valence-electron chi connectivity index (χ2n) is 4.41. The van der Waals surface area contributed by atoms with Crippen molar-refractivity contribution in [2.75, 3.05) is 12.4 Å². The highest BCUT2D eigenvalue weighted by molar-refractivity contribution is 8.14. The average molecular weight is 352 g/mol. The molecule has 0 unspecified atom stereocenters. The Kier molecular flexibility index (Phi) is 5.02. The van der Waals surface area contributed by atoms with Gasteiger partial charge < -0.3 is 4.74 Å². The third-order valence-corrected chi connectivity index (χ3v) is 5.02. The van der Waals surface area contributed by atoms with Crippen LogP contribution in [-0.2, 0) is 0 Å². The van der Waals surface area contributed by atoms with E-state index in [-0.39, 0.29) is 0 Å². The number of thiophene rings is 1. The number of hydrazone groups is 1. The Morgan fingerprint density at radius 1 is 1.27 bits per heavy atom. The van der Waals surface area contributed by atoms with Crippen LogP contribution in [-0.4, -0.2) is 23.2 Å². The van der Waals surface area contributed by atoms with E-state index < -0.39 is 0 Å². The Bertz CT molecular complexity index is 710. The molecule has 1 aliphatic rings. The van der Waals surface area contributed by atoms with E-state index in [1.54, 1.807) is 11.8 Å². The summed E-state index contributed by atoms with van der Waals surface area (Å²) >= 11 is 9.11. The quantitative estimate of drug-likeness (QED) is 0.880. The lowest BCUT2D eigenvalue weighted by Crippen LogP contribution is -2.24. The first kappa shape index (κ1) is 15.4. The van der Waals surface area contributed by atoms with Gasteiger partial charge >= 0.3 is 0 Å². The first-order valence-corrected chi connectivity index (χ1v) is 8.95. The van der Waals surface area contributed by atoms with Crippen LogP contribution in [0.3, 0.4) is 0 Å². The zero-order valence-corrected chi connectivity index (χ0v) is 14.3. The highest BCUT2D eigenvalue weighted by atomic mass is 35.5. The largest absolute Gasteiger partial charge is 0.494 e. The Labute approximate surface area is 142 Å². The van der Waals surface area contributed by atoms with E-state index in [1.807, 2.05) is 43.3 Å². The lowest BCUT2D eigenvalue weighted by molar-refractivity contribution is 0.340. The first-order valence-electron chi connectivity index (χ1n) is 6.77. The number of halogens is 1. The van der Waals surface area contributed by atoms with Crippen molar-refractivity contribution in [3.63, 3.8) is 0 Å². The van der Waals surface area contributed by atoms with E-state index >= 15 is 0 Å². The molecule has 0 fully saturated rings. The van der Waals surface area contributed by atoms with Crippen molar-refractivity contribution in [3.8, 4) is 5.75 Å². The van der Waals surface area contributed by atoms with Crippen LogP contribution in [0.5, 0.6) is 5.75 Å². The van der Waals surface area contributed by atoms with Crippen molar-refractivity contribution >= 4 is 51.3 Å². The molecule has 0 atom stereocenters. The maximum Gasteiger partial charge on any atom is 0.182 e. The van der Waals surface area contributed by atoms with Gasteiger partial charge in [-0.25, -0.2) is 4.99 Å². The van der Waals surface area contributed by atoms with Gasteiger partial charge in [0.15, 0.2) is 5.17 Å². The van der Waals surface area contributed by atoms with Gasteiger partial charge in [-0.3, -0.25) is 5.43 Å². The molecule has 0 aliphatic carbocycles. The number of nitrogens with zero attached hydrogens (tertiary/aromatic N) is 2. The van der Waals surface area contributed by atoms with Crippen molar-refractivity contribution in [1.82, 2.24) is 5.43 Å². The number of hydrogen-bond donors (Lipinski definition) is 1. The van der Waals surface area contributed by atoms with Gasteiger partial charge in [-0.1, -0.05) is 23.4 Å². The van der Waals surface area contributed by atoms with Crippen molar-refractivity contribution < 1.29 is 4.74 Å². The number of thioether (sulfide) groups is 1. The molecule has 3 rings (SSSR count). The molecule has 114 valence electrons. The zero-order chi connectivity index (χ0) is 15.4. The number of nitrogens with one attached hydrogen (secondary N) is 1. The molecule has 0 spiro atoms. The minimum absolute atomic E-state index is 0.662. The minimum atomic E-state index is 0.662. The summed E-state index contributed by atoms with van der Waals surface area (Å²) in [6.45, 7) is 2.63. The lowest BCUT2D eigenvalue weighted by Gasteiger charge is -2.13. The zero-order valence-electron chi connectivity index (χ0n) is 11.9. The standard InChI is InChI=1S/C15H14ClN3OS2/c1-2-20-11-5-3-10(4-6-11)17-15-19-18-12(9-21-15)13-7-8-14(16)22-13/h3-8H,2,9H2,1H3,(H,17,19). The molecule has 1 N–H and O–H groups in total. The SMILES string of the molecule is CCOc1ccc(N=C2NN=C(c3ccc(Cl)s3)CS2)cc1. The number of benzene rings is 1. The maximum absolute atomic E-state index is 5.95. The van der Waals surface area contributed by atoms with Crippen LogP contribution in [0, 0.1) is 0 Å². The van der Waals surface area contributed by atoms with E-state index in [4.69, 9.17) is 16.3 Å². The molecule has 1 aromatic heterocycles. The molecule has 2 heterocycles. The van der Waals surface area contributed by atoms with Crippen LogP contribution in [0.2, 0.25) is 4.34 Å². The number of hydrogen-bond acceptors (Lipinski definition) is 5. The fourth-order valence-corrected chi connectivity index (χ4v) is 3.77. The van der Waals surface area contributed by atoms with Crippen molar-refractivity contribution in [3.05, 3.63) is 45.6 Å². The van der Waals surface area contributed by atoms with E-state index in [9.17, 15) is 0 Å². The van der Waals surface area contributed by atoms with Crippen LogP contribution in [0.4, 0.5) is 5.69 Å². The van der Waals surface area contributed by atoms with Gasteiger partial charge in [-0.15, -0.1) is 11.3 Å². The van der Waals surface area contributed by atoms with Gasteiger partial charge in [-0.2, -0.15) is 5.10 Å². The van der Waals surface area contributed by atoms with Crippen molar-refractivity contribution in [2.45, 2.75) is 6.92 Å². The second kappa shape index (κ2) is 7.17. The summed E-state index contributed by atoms with van der Waals surface area (Å²) in [7, 11) is 0. The van der Waals surface area contributed by atoms with Gasteiger partial charge in [0.05, 0.1) is 27.2 Å². The number of amidine groups is 1. The van der Waals surface area contributed by atoms with Crippen LogP contribution < -0.4 is 10.2 Å². The number of ether oxygens (including phenoxy) is 1. The fraction of sp³-hybridized carbons (Fsp3) is 0.200. The van der Waals surface area contributed by atoms with E-state index in [1.165, 1.54) is 11.3 Å². The normalized spacial score (nSPS) is 16.3. The number of aliphatic imine (C=N–C) groups is 1. The molecule has 0 bridgehead atoms. The molecule has 2 aromatic rings. The highest BCUT2D eigenvalue weighted by Gasteiger charge is 2.14. The minimum Gasteiger partial charge on any atom is -0.494 e. The third-order valence-electron chi connectivity index (χ3n) is 2.87. The molecule has 4 nitrogen and oxygen atoms in total. The molecule has 0 amide bonds. The van der Waals surface area contributed by atoms with E-state index in [0.29, 0.717) is 6.61 Å². The fourth-order valence-electron chi connectivity index (χ4n) is 1.87. The van der Waals surface area contributed by atoms with E-state index in [2.05, 4.69) is 15.5 Å². The Hall–Kier alpha value is -1.50. The van der Waals surface area contributed by atoms with Crippen LogP contribution >= 0.6 is 34.7 Å². The van der Waals surface area contributed by atoms with Crippen LogP contribution in [0.15, 0.2) is 46.5 Å². The monoisotopic (exact) mass is 351 g/mol. The predicted molar refractivity (Wildman–Crippen MR) is 96.2 cm³/mol. The van der Waals surface area contributed by atoms with Crippen LogP contribution in [0.25, 0.3) is 0 Å². The maximum atomic E-state index is 5.95. The van der Waals surface area contributed by atoms with Gasteiger partial charge in [0.25, 0.3) is 0 Å². The lowest BCUT2D eigenvalue weighted by atomic mass is 10.3. The van der Waals surface area contributed by atoms with Gasteiger partial charge in [0.2, 0.25) is 0 Å². The van der Waals surface area contributed by atoms with Crippen LogP contribution in [0.1, 0.15) is 11.8 Å². The summed E-state index contributed by atoms with van der Waals surface area (Å²) < 4.78 is 6.19. The third kappa shape index (κ3) is 3.82. The predicted octanol–water partition coefficient (Wildman–Crippen LogP) is 4.53. The number of rotatable bonds is 4. The average Bonchev–Trinajstić information content (AvgIpc) is 2.97. The molecular weight excluding hydrogens is 338 g/mol. The summed E-state index contributed by atoms with van der Waals surface area (Å²) in [6, 6.07) is 11.6. The second-order valence-corrected chi connectivity index (χ2v) is 7.09. The molecule has 1 aromatic carbocycles. The van der Waals surface area contributed by atoms with Crippen molar-refractivity contribution in [2.24, 2.45) is 10.1 Å². The molecule has 0 radical (unpaired) electrons. The summed E-state index contributed by atoms with van der Waals surface area (Å²) in [5.74, 6) is 1.63. The Balaban J connectivity index is 1.68. The molecule has 22 heavy (non-hydrogen) atoms. The molecule has 1 aliphatic heterocycles. The van der Waals surface area contributed by atoms with Gasteiger partial charge in [0, 0.05) is 5.75 Å². The summed E-state index contributed by atoms with van der Waals surface area (Å²) in [5.41, 5.74) is 4.86. The topological polar surface area (TPSA) is 46.0 Å². The molecular formula is C15H14ClN3OS2. The molecule has 0 saturated carbocycles. The van der Waals surface area contributed by atoms with Gasteiger partial charge in [-0.05, 0) is 43.3 Å². The van der Waals surface area contributed by atoms with Crippen molar-refractivity contribution in [1.29, 1.82) is 0 Å². The van der Waals surface area contributed by atoms with Gasteiger partial charge in [0.1, 0.15) is 5.75 Å². The summed E-state index contributed by atoms with van der Waals surface area (Å²) in [5, 5.41) is 5.17. The molecule has 7 heteroatoms.